The highest BCUT2D eigenvalue weighted by molar-refractivity contribution is 6.11. The average Bonchev–Trinajstić information content (AvgIpc) is 3.82. The Balaban J connectivity index is 1.21. The first-order valence-electron chi connectivity index (χ1n) is 19.2. The van der Waals surface area contributed by atoms with Crippen LogP contribution in [0.3, 0.4) is 0 Å². The second-order valence-corrected chi connectivity index (χ2v) is 14.5. The minimum Gasteiger partial charge on any atom is -0.456 e. The number of fused-ring (bicyclic) bond motifs is 6. The van der Waals surface area contributed by atoms with Gasteiger partial charge in [0.15, 0.2) is 17.5 Å². The molecule has 5 nitrogen and oxygen atoms in total. The van der Waals surface area contributed by atoms with E-state index in [-0.39, 0.29) is 0 Å². The Morgan fingerprint density at radius 2 is 0.947 bits per heavy atom. The van der Waals surface area contributed by atoms with Crippen molar-refractivity contribution in [2.24, 2.45) is 0 Å². The molecule has 0 saturated carbocycles. The Hall–Kier alpha value is -7.63. The summed E-state index contributed by atoms with van der Waals surface area (Å²) in [5.74, 6) is 1.83. The quantitative estimate of drug-likeness (QED) is 0.171. The molecule has 0 spiro atoms. The molecule has 0 aliphatic carbocycles. The summed E-state index contributed by atoms with van der Waals surface area (Å²) in [5.41, 5.74) is 13.4. The van der Waals surface area contributed by atoms with E-state index in [4.69, 9.17) is 19.4 Å². The van der Waals surface area contributed by atoms with E-state index < -0.39 is 0 Å². The number of aromatic nitrogens is 4. The minimum atomic E-state index is 0.593. The van der Waals surface area contributed by atoms with Crippen LogP contribution in [-0.4, -0.2) is 19.5 Å². The third-order valence-electron chi connectivity index (χ3n) is 11.0. The lowest BCUT2D eigenvalue weighted by Crippen LogP contribution is -2.04. The maximum atomic E-state index is 6.22. The normalized spacial score (nSPS) is 11.6. The topological polar surface area (TPSA) is 56.7 Å². The fourth-order valence-corrected chi connectivity index (χ4v) is 8.22. The number of nitrogens with zero attached hydrogens (tertiary/aromatic N) is 4. The summed E-state index contributed by atoms with van der Waals surface area (Å²) in [4.78, 5) is 15.6. The number of rotatable bonds is 6. The van der Waals surface area contributed by atoms with E-state index in [1.807, 2.05) is 48.5 Å². The molecule has 0 N–H and O–H groups in total. The van der Waals surface area contributed by atoms with Gasteiger partial charge in [-0.05, 0) is 77.2 Å². The fraction of sp³-hybridized carbons (Fsp3) is 0.0192. The van der Waals surface area contributed by atoms with Crippen molar-refractivity contribution in [2.75, 3.05) is 0 Å². The molecule has 11 aromatic rings. The molecule has 8 aromatic carbocycles. The molecule has 0 bridgehead atoms. The van der Waals surface area contributed by atoms with Gasteiger partial charge >= 0.3 is 0 Å². The summed E-state index contributed by atoms with van der Waals surface area (Å²) >= 11 is 0. The number of furan rings is 1. The van der Waals surface area contributed by atoms with Crippen molar-refractivity contribution in [3.63, 3.8) is 0 Å². The summed E-state index contributed by atoms with van der Waals surface area (Å²) in [6.07, 6.45) is 0. The predicted octanol–water partition coefficient (Wildman–Crippen LogP) is 13.5. The number of hydrogen-bond acceptors (Lipinski definition) is 4. The second-order valence-electron chi connectivity index (χ2n) is 14.5. The van der Waals surface area contributed by atoms with Gasteiger partial charge in [-0.15, -0.1) is 0 Å². The number of hydrogen-bond donors (Lipinski definition) is 0. The Morgan fingerprint density at radius 3 is 1.72 bits per heavy atom. The van der Waals surface area contributed by atoms with Crippen molar-refractivity contribution >= 4 is 43.7 Å². The maximum absolute atomic E-state index is 6.22. The van der Waals surface area contributed by atoms with Crippen molar-refractivity contribution in [1.82, 2.24) is 19.5 Å². The molecule has 11 rings (SSSR count). The van der Waals surface area contributed by atoms with Gasteiger partial charge in [0.05, 0.1) is 16.7 Å². The van der Waals surface area contributed by atoms with Gasteiger partial charge in [-0.25, -0.2) is 15.0 Å². The van der Waals surface area contributed by atoms with Crippen LogP contribution >= 0.6 is 0 Å². The van der Waals surface area contributed by atoms with Gasteiger partial charge in [-0.3, -0.25) is 0 Å². The molecule has 0 aliphatic heterocycles. The lowest BCUT2D eigenvalue weighted by Gasteiger charge is -2.17. The second kappa shape index (κ2) is 13.3. The predicted molar refractivity (Wildman–Crippen MR) is 233 cm³/mol. The lowest BCUT2D eigenvalue weighted by molar-refractivity contribution is 0.669. The molecule has 0 fully saturated rings. The monoisotopic (exact) mass is 730 g/mol. The molecule has 0 atom stereocenters. The highest BCUT2D eigenvalue weighted by atomic mass is 16.3. The zero-order valence-electron chi connectivity index (χ0n) is 31.1. The van der Waals surface area contributed by atoms with E-state index >= 15 is 0 Å². The molecule has 0 aliphatic rings. The van der Waals surface area contributed by atoms with Crippen LogP contribution in [0.15, 0.2) is 192 Å². The standard InChI is InChI=1S/C52H34N4O/c1-33-14-8-9-19-39(33)38-24-27-41-40-20-10-12-22-45(40)56(47(41)32-38)46-28-25-36(37-26-29-49-43(30-37)42-21-11-13-23-48(42)57-49)31-44(46)52-54-50(34-15-4-2-5-16-34)53-51(55-52)35-17-6-3-7-18-35/h2-32H,1H3. The van der Waals surface area contributed by atoms with Crippen LogP contribution in [0.25, 0.3) is 106 Å². The minimum absolute atomic E-state index is 0.593. The van der Waals surface area contributed by atoms with Gasteiger partial charge in [0, 0.05) is 38.2 Å². The summed E-state index contributed by atoms with van der Waals surface area (Å²) in [6.45, 7) is 2.17. The Bertz CT molecular complexity index is 3250. The highest BCUT2D eigenvalue weighted by Gasteiger charge is 2.21. The molecular formula is C52H34N4O. The van der Waals surface area contributed by atoms with Gasteiger partial charge in [-0.1, -0.05) is 146 Å². The molecule has 0 saturated heterocycles. The Kier molecular flexibility index (Phi) is 7.64. The van der Waals surface area contributed by atoms with Crippen molar-refractivity contribution < 1.29 is 4.42 Å². The molecule has 0 unspecified atom stereocenters. The number of para-hydroxylation sites is 2. The molecule has 5 heteroatoms. The van der Waals surface area contributed by atoms with Gasteiger partial charge in [0.25, 0.3) is 0 Å². The fourth-order valence-electron chi connectivity index (χ4n) is 8.22. The van der Waals surface area contributed by atoms with Crippen molar-refractivity contribution in [2.45, 2.75) is 6.92 Å². The van der Waals surface area contributed by atoms with E-state index in [1.165, 1.54) is 27.5 Å². The number of benzene rings is 8. The van der Waals surface area contributed by atoms with Crippen molar-refractivity contribution in [1.29, 1.82) is 0 Å². The molecule has 3 aromatic heterocycles. The highest BCUT2D eigenvalue weighted by Crippen LogP contribution is 2.41. The molecular weight excluding hydrogens is 697 g/mol. The van der Waals surface area contributed by atoms with E-state index in [2.05, 4.69) is 151 Å². The van der Waals surface area contributed by atoms with Crippen LogP contribution in [0.1, 0.15) is 5.56 Å². The van der Waals surface area contributed by atoms with Crippen LogP contribution < -0.4 is 0 Å². The zero-order chi connectivity index (χ0) is 37.9. The van der Waals surface area contributed by atoms with Crippen molar-refractivity contribution in [3.8, 4) is 62.1 Å². The van der Waals surface area contributed by atoms with Gasteiger partial charge < -0.3 is 8.98 Å². The van der Waals surface area contributed by atoms with Crippen LogP contribution in [0.5, 0.6) is 0 Å². The summed E-state index contributed by atoms with van der Waals surface area (Å²) in [5, 5.41) is 4.54. The van der Waals surface area contributed by atoms with Crippen molar-refractivity contribution in [3.05, 3.63) is 194 Å². The maximum Gasteiger partial charge on any atom is 0.166 e. The first kappa shape index (κ1) is 32.8. The van der Waals surface area contributed by atoms with Gasteiger partial charge in [-0.2, -0.15) is 0 Å². The van der Waals surface area contributed by atoms with E-state index in [9.17, 15) is 0 Å². The summed E-state index contributed by atoms with van der Waals surface area (Å²) < 4.78 is 8.60. The Morgan fingerprint density at radius 1 is 0.368 bits per heavy atom. The summed E-state index contributed by atoms with van der Waals surface area (Å²) in [7, 11) is 0. The lowest BCUT2D eigenvalue weighted by atomic mass is 9.98. The van der Waals surface area contributed by atoms with Crippen LogP contribution in [0, 0.1) is 6.92 Å². The van der Waals surface area contributed by atoms with Crippen LogP contribution in [0.4, 0.5) is 0 Å². The third kappa shape index (κ3) is 5.59. The molecule has 0 radical (unpaired) electrons. The first-order valence-corrected chi connectivity index (χ1v) is 19.2. The van der Waals surface area contributed by atoms with Crippen LogP contribution in [-0.2, 0) is 0 Å². The average molecular weight is 731 g/mol. The summed E-state index contributed by atoms with van der Waals surface area (Å²) in [6, 6.07) is 65.7. The Labute approximate surface area is 329 Å². The van der Waals surface area contributed by atoms with E-state index in [0.717, 1.165) is 66.5 Å². The van der Waals surface area contributed by atoms with E-state index in [0.29, 0.717) is 17.5 Å². The zero-order valence-corrected chi connectivity index (χ0v) is 31.1. The molecule has 0 amide bonds. The first-order chi connectivity index (χ1) is 28.2. The molecule has 3 heterocycles. The SMILES string of the molecule is Cc1ccccc1-c1ccc2c3ccccc3n(-c3ccc(-c4ccc5oc6ccccc6c5c4)cc3-c3nc(-c4ccccc4)nc(-c4ccccc4)n3)c2c1. The van der Waals surface area contributed by atoms with E-state index in [1.54, 1.807) is 0 Å². The van der Waals surface area contributed by atoms with Crippen LogP contribution in [0.2, 0.25) is 0 Å². The smallest absolute Gasteiger partial charge is 0.166 e. The van der Waals surface area contributed by atoms with Gasteiger partial charge in [0.1, 0.15) is 11.2 Å². The molecule has 57 heavy (non-hydrogen) atoms. The largest absolute Gasteiger partial charge is 0.456 e. The van der Waals surface area contributed by atoms with Gasteiger partial charge in [0.2, 0.25) is 0 Å². The number of aryl methyl sites for hydroxylation is 1. The third-order valence-corrected chi connectivity index (χ3v) is 11.0. The molecule has 268 valence electrons.